The molecular weight excluding hydrogens is 326 g/mol. The number of nitrogens with one attached hydrogen (secondary N) is 1. The number of aromatic nitrogens is 1. The first-order valence-electron chi connectivity index (χ1n) is 9.62. The van der Waals surface area contributed by atoms with E-state index >= 15 is 0 Å². The molecule has 2 heterocycles. The molecule has 1 saturated carbocycles. The van der Waals surface area contributed by atoms with Crippen LogP contribution in [-0.2, 0) is 0 Å². The predicted octanol–water partition coefficient (Wildman–Crippen LogP) is 3.73. The highest BCUT2D eigenvalue weighted by atomic mass is 16.3. The van der Waals surface area contributed by atoms with E-state index in [-0.39, 0.29) is 5.91 Å². The molecule has 5 heteroatoms. The molecule has 1 aromatic carbocycles. The molecule has 1 aromatic heterocycles. The summed E-state index contributed by atoms with van der Waals surface area (Å²) >= 11 is 0. The Hall–Kier alpha value is -2.14. The van der Waals surface area contributed by atoms with Crippen LogP contribution in [0.4, 0.5) is 0 Å². The van der Waals surface area contributed by atoms with Gasteiger partial charge in [0.2, 0.25) is 0 Å². The van der Waals surface area contributed by atoms with Gasteiger partial charge in [0, 0.05) is 17.2 Å². The summed E-state index contributed by atoms with van der Waals surface area (Å²) in [4.78, 5) is 19.1. The second-order valence-electron chi connectivity index (χ2n) is 8.00. The summed E-state index contributed by atoms with van der Waals surface area (Å²) in [6.45, 7) is 2.43. The van der Waals surface area contributed by atoms with Gasteiger partial charge in [0.05, 0.1) is 6.20 Å². The maximum Gasteiger partial charge on any atom is 0.251 e. The topological polar surface area (TPSA) is 58.4 Å². The van der Waals surface area contributed by atoms with Crippen LogP contribution in [-0.4, -0.2) is 42.0 Å². The number of rotatable bonds is 3. The Morgan fingerprint density at radius 1 is 1.23 bits per heavy atom. The third-order valence-electron chi connectivity index (χ3n) is 6.27. The van der Waals surface area contributed by atoms with E-state index in [0.29, 0.717) is 22.8 Å². The first-order valence-corrected chi connectivity index (χ1v) is 9.62. The number of hydrogen-bond donors (Lipinski definition) is 1. The molecule has 1 N–H and O–H groups in total. The Labute approximate surface area is 154 Å². The monoisotopic (exact) mass is 353 g/mol. The van der Waals surface area contributed by atoms with Crippen molar-refractivity contribution in [2.45, 2.75) is 44.6 Å². The van der Waals surface area contributed by atoms with E-state index in [4.69, 9.17) is 4.42 Å². The SMILES string of the molecule is CN1CCC2(CCC(NC(=O)c3cccc(-c4cnco4)c3)CC2)CC1. The van der Waals surface area contributed by atoms with Crippen LogP contribution >= 0.6 is 0 Å². The van der Waals surface area contributed by atoms with E-state index in [1.807, 2.05) is 24.3 Å². The lowest BCUT2D eigenvalue weighted by Gasteiger charge is -2.45. The second-order valence-corrected chi connectivity index (χ2v) is 8.00. The lowest BCUT2D eigenvalue weighted by atomic mass is 9.67. The standard InChI is InChI=1S/C21H27N3O2/c1-24-11-9-21(10-12-24)7-5-18(6-8-21)23-20(25)17-4-2-3-16(13-17)19-14-22-15-26-19/h2-4,13-15,18H,5-12H2,1H3,(H,23,25). The minimum absolute atomic E-state index is 0.00990. The average molecular weight is 353 g/mol. The van der Waals surface area contributed by atoms with Crippen molar-refractivity contribution in [3.63, 3.8) is 0 Å². The lowest BCUT2D eigenvalue weighted by molar-refractivity contribution is 0.0654. The van der Waals surface area contributed by atoms with Crippen LogP contribution < -0.4 is 5.32 Å². The summed E-state index contributed by atoms with van der Waals surface area (Å²) in [5.74, 6) is 0.692. The Morgan fingerprint density at radius 2 is 2.00 bits per heavy atom. The molecule has 2 aromatic rings. The number of piperidine rings is 1. The van der Waals surface area contributed by atoms with Gasteiger partial charge in [-0.1, -0.05) is 12.1 Å². The van der Waals surface area contributed by atoms with E-state index in [9.17, 15) is 4.79 Å². The highest BCUT2D eigenvalue weighted by Gasteiger charge is 2.37. The summed E-state index contributed by atoms with van der Waals surface area (Å²) in [5.41, 5.74) is 2.09. The fraction of sp³-hybridized carbons (Fsp3) is 0.524. The van der Waals surface area contributed by atoms with Gasteiger partial charge >= 0.3 is 0 Å². The Morgan fingerprint density at radius 3 is 2.69 bits per heavy atom. The predicted molar refractivity (Wildman–Crippen MR) is 101 cm³/mol. The quantitative estimate of drug-likeness (QED) is 0.913. The van der Waals surface area contributed by atoms with Crippen LogP contribution in [0.2, 0.25) is 0 Å². The molecule has 0 radical (unpaired) electrons. The molecule has 1 amide bonds. The first-order chi connectivity index (χ1) is 12.6. The summed E-state index contributed by atoms with van der Waals surface area (Å²) in [6.07, 6.45) is 10.4. The fourth-order valence-corrected chi connectivity index (χ4v) is 4.41. The van der Waals surface area contributed by atoms with Crippen LogP contribution in [0.3, 0.4) is 0 Å². The second kappa shape index (κ2) is 7.23. The number of oxazole rings is 1. The van der Waals surface area contributed by atoms with Crippen molar-refractivity contribution in [2.75, 3.05) is 20.1 Å². The van der Waals surface area contributed by atoms with Crippen LogP contribution in [0.1, 0.15) is 48.9 Å². The molecule has 1 aliphatic carbocycles. The summed E-state index contributed by atoms with van der Waals surface area (Å²) in [7, 11) is 2.21. The molecule has 1 aliphatic heterocycles. The fourth-order valence-electron chi connectivity index (χ4n) is 4.41. The molecule has 0 bridgehead atoms. The van der Waals surface area contributed by atoms with Crippen molar-refractivity contribution in [3.05, 3.63) is 42.4 Å². The number of nitrogens with zero attached hydrogens (tertiary/aromatic N) is 2. The molecule has 1 saturated heterocycles. The third-order valence-corrected chi connectivity index (χ3v) is 6.27. The van der Waals surface area contributed by atoms with Gasteiger partial charge in [0.1, 0.15) is 0 Å². The normalized spacial score (nSPS) is 21.0. The maximum absolute atomic E-state index is 12.7. The Bertz CT molecular complexity index is 738. The molecule has 0 unspecified atom stereocenters. The minimum atomic E-state index is 0.00990. The molecule has 1 spiro atoms. The Balaban J connectivity index is 1.35. The molecule has 4 rings (SSSR count). The summed E-state index contributed by atoms with van der Waals surface area (Å²) in [6, 6.07) is 7.85. The van der Waals surface area contributed by atoms with Crippen LogP contribution in [0.5, 0.6) is 0 Å². The number of hydrogen-bond acceptors (Lipinski definition) is 4. The van der Waals surface area contributed by atoms with Gasteiger partial charge in [-0.2, -0.15) is 0 Å². The molecule has 138 valence electrons. The van der Waals surface area contributed by atoms with Gasteiger partial charge in [-0.15, -0.1) is 0 Å². The number of carbonyl (C=O) groups excluding carboxylic acids is 1. The number of benzene rings is 1. The van der Waals surface area contributed by atoms with Crippen molar-refractivity contribution < 1.29 is 9.21 Å². The number of likely N-dealkylation sites (tertiary alicyclic amines) is 1. The largest absolute Gasteiger partial charge is 0.444 e. The van der Waals surface area contributed by atoms with E-state index < -0.39 is 0 Å². The van der Waals surface area contributed by atoms with Gasteiger partial charge in [-0.3, -0.25) is 4.79 Å². The van der Waals surface area contributed by atoms with Gasteiger partial charge in [-0.05, 0) is 76.2 Å². The van der Waals surface area contributed by atoms with Crippen molar-refractivity contribution in [1.29, 1.82) is 0 Å². The summed E-state index contributed by atoms with van der Waals surface area (Å²) < 4.78 is 5.33. The van der Waals surface area contributed by atoms with Gasteiger partial charge in [-0.25, -0.2) is 4.98 Å². The zero-order valence-electron chi connectivity index (χ0n) is 15.4. The molecule has 26 heavy (non-hydrogen) atoms. The first kappa shape index (κ1) is 17.3. The average Bonchev–Trinajstić information content (AvgIpc) is 3.21. The van der Waals surface area contributed by atoms with Crippen molar-refractivity contribution in [3.8, 4) is 11.3 Å². The highest BCUT2D eigenvalue weighted by Crippen LogP contribution is 2.44. The molecule has 2 aliphatic rings. The van der Waals surface area contributed by atoms with E-state index in [1.165, 1.54) is 45.2 Å². The van der Waals surface area contributed by atoms with Gasteiger partial charge < -0.3 is 14.6 Å². The van der Waals surface area contributed by atoms with Crippen molar-refractivity contribution in [2.24, 2.45) is 5.41 Å². The zero-order chi connectivity index (χ0) is 18.0. The number of amides is 1. The molecule has 0 atom stereocenters. The van der Waals surface area contributed by atoms with Crippen molar-refractivity contribution >= 4 is 5.91 Å². The highest BCUT2D eigenvalue weighted by molar-refractivity contribution is 5.95. The van der Waals surface area contributed by atoms with E-state index in [0.717, 1.165) is 18.4 Å². The third kappa shape index (κ3) is 3.68. The lowest BCUT2D eigenvalue weighted by Crippen LogP contribution is -2.44. The summed E-state index contributed by atoms with van der Waals surface area (Å²) in [5, 5.41) is 3.24. The minimum Gasteiger partial charge on any atom is -0.444 e. The maximum atomic E-state index is 12.7. The van der Waals surface area contributed by atoms with Crippen molar-refractivity contribution in [1.82, 2.24) is 15.2 Å². The van der Waals surface area contributed by atoms with E-state index in [1.54, 1.807) is 6.20 Å². The van der Waals surface area contributed by atoms with Gasteiger partial charge in [0.15, 0.2) is 12.2 Å². The van der Waals surface area contributed by atoms with Crippen LogP contribution in [0, 0.1) is 5.41 Å². The smallest absolute Gasteiger partial charge is 0.251 e. The van der Waals surface area contributed by atoms with Crippen LogP contribution in [0.25, 0.3) is 11.3 Å². The van der Waals surface area contributed by atoms with Gasteiger partial charge in [0.25, 0.3) is 5.91 Å². The molecule has 2 fully saturated rings. The number of carbonyl (C=O) groups is 1. The molecular formula is C21H27N3O2. The molecule has 5 nitrogen and oxygen atoms in total. The Kier molecular flexibility index (Phi) is 4.81. The van der Waals surface area contributed by atoms with E-state index in [2.05, 4.69) is 22.2 Å². The zero-order valence-corrected chi connectivity index (χ0v) is 15.4. The van der Waals surface area contributed by atoms with Crippen LogP contribution in [0.15, 0.2) is 41.3 Å².